The van der Waals surface area contributed by atoms with Crippen molar-refractivity contribution < 1.29 is 4.79 Å². The van der Waals surface area contributed by atoms with E-state index >= 15 is 0 Å². The Labute approximate surface area is 122 Å². The van der Waals surface area contributed by atoms with Crippen LogP contribution in [0.5, 0.6) is 0 Å². The van der Waals surface area contributed by atoms with Gasteiger partial charge >= 0.3 is 0 Å². The van der Waals surface area contributed by atoms with Gasteiger partial charge in [-0.05, 0) is 41.8 Å². The summed E-state index contributed by atoms with van der Waals surface area (Å²) in [4.78, 5) is 13.4. The van der Waals surface area contributed by atoms with Gasteiger partial charge in [-0.2, -0.15) is 0 Å². The molecule has 3 N–H and O–H groups in total. The first-order valence-corrected chi connectivity index (χ1v) is 7.76. The molecule has 1 atom stereocenters. The summed E-state index contributed by atoms with van der Waals surface area (Å²) in [5, 5.41) is 5.48. The summed E-state index contributed by atoms with van der Waals surface area (Å²) in [5.74, 6) is -0.271. The van der Waals surface area contributed by atoms with Crippen LogP contribution in [0.2, 0.25) is 0 Å². The highest BCUT2D eigenvalue weighted by Gasteiger charge is 2.42. The van der Waals surface area contributed by atoms with Gasteiger partial charge in [-0.3, -0.25) is 10.1 Å². The molecule has 0 saturated heterocycles. The van der Waals surface area contributed by atoms with Crippen LogP contribution >= 0.6 is 11.3 Å². The maximum atomic E-state index is 12.1. The molecular weight excluding hydrogens is 268 g/mol. The average Bonchev–Trinajstić information content (AvgIpc) is 2.95. The average molecular weight is 286 g/mol. The predicted molar refractivity (Wildman–Crippen MR) is 81.4 cm³/mol. The molecule has 3 nitrogen and oxygen atoms in total. The van der Waals surface area contributed by atoms with Crippen molar-refractivity contribution in [1.29, 1.82) is 0 Å². The third-order valence-corrected chi connectivity index (χ3v) is 5.00. The number of amides is 1. The Morgan fingerprint density at radius 2 is 2.10 bits per heavy atom. The second kappa shape index (κ2) is 5.38. The summed E-state index contributed by atoms with van der Waals surface area (Å²) in [5.41, 5.74) is 7.28. The lowest BCUT2D eigenvalue weighted by Gasteiger charge is -2.35. The lowest BCUT2D eigenvalue weighted by molar-refractivity contribution is -0.125. The number of carbonyl (C=O) groups is 1. The molecule has 0 aliphatic heterocycles. The fourth-order valence-corrected chi connectivity index (χ4v) is 3.94. The maximum Gasteiger partial charge on any atom is 0.242 e. The zero-order valence-corrected chi connectivity index (χ0v) is 12.1. The van der Waals surface area contributed by atoms with Crippen LogP contribution in [-0.2, 0) is 23.3 Å². The minimum Gasteiger partial charge on any atom is -0.368 e. The number of rotatable bonds is 4. The predicted octanol–water partition coefficient (Wildman–Crippen LogP) is 2.55. The monoisotopic (exact) mass is 286 g/mol. The summed E-state index contributed by atoms with van der Waals surface area (Å²) in [6.07, 6.45) is 2.83. The van der Waals surface area contributed by atoms with Crippen LogP contribution in [0.4, 0.5) is 0 Å². The van der Waals surface area contributed by atoms with Crippen molar-refractivity contribution in [1.82, 2.24) is 5.32 Å². The van der Waals surface area contributed by atoms with E-state index in [-0.39, 0.29) is 5.91 Å². The number of hydrogen-bond donors (Lipinski definition) is 2. The third-order valence-electron chi connectivity index (χ3n) is 4.02. The molecular formula is C16H18N2OS. The molecule has 0 spiro atoms. The fraction of sp³-hybridized carbons (Fsp3) is 0.312. The van der Waals surface area contributed by atoms with E-state index in [0.29, 0.717) is 6.54 Å². The zero-order valence-electron chi connectivity index (χ0n) is 11.3. The normalized spacial score (nSPS) is 21.4. The van der Waals surface area contributed by atoms with Gasteiger partial charge in [-0.15, -0.1) is 11.3 Å². The molecule has 20 heavy (non-hydrogen) atoms. The van der Waals surface area contributed by atoms with Crippen LogP contribution < -0.4 is 11.1 Å². The number of nitrogens with one attached hydrogen (secondary N) is 1. The number of hydrogen-bond acceptors (Lipinski definition) is 3. The highest BCUT2D eigenvalue weighted by atomic mass is 32.1. The van der Waals surface area contributed by atoms with Crippen LogP contribution in [0.25, 0.3) is 0 Å². The highest BCUT2D eigenvalue weighted by Crippen LogP contribution is 2.38. The van der Waals surface area contributed by atoms with Gasteiger partial charge in [-0.25, -0.2) is 0 Å². The number of nitrogens with two attached hydrogens (primary N) is 1. The second-order valence-electron chi connectivity index (χ2n) is 5.22. The molecule has 1 aromatic heterocycles. The van der Waals surface area contributed by atoms with E-state index < -0.39 is 5.54 Å². The first kappa shape index (κ1) is 13.3. The van der Waals surface area contributed by atoms with E-state index in [2.05, 4.69) is 22.8 Å². The van der Waals surface area contributed by atoms with E-state index in [4.69, 9.17) is 5.73 Å². The number of primary amides is 1. The van der Waals surface area contributed by atoms with E-state index in [1.165, 1.54) is 4.88 Å². The quantitative estimate of drug-likeness (QED) is 0.907. The second-order valence-corrected chi connectivity index (χ2v) is 6.22. The number of fused-ring (bicyclic) bond motifs is 1. The molecule has 3 rings (SSSR count). The lowest BCUT2D eigenvalue weighted by atomic mass is 9.79. The largest absolute Gasteiger partial charge is 0.368 e. The van der Waals surface area contributed by atoms with Crippen molar-refractivity contribution in [3.05, 3.63) is 57.8 Å². The Bertz CT molecular complexity index is 608. The summed E-state index contributed by atoms with van der Waals surface area (Å²) in [6.45, 7) is 0.652. The molecule has 1 aromatic carbocycles. The van der Waals surface area contributed by atoms with Crippen LogP contribution in [0.15, 0.2) is 41.8 Å². The van der Waals surface area contributed by atoms with Crippen LogP contribution in [0.3, 0.4) is 0 Å². The van der Waals surface area contributed by atoms with Crippen molar-refractivity contribution in [2.24, 2.45) is 5.73 Å². The maximum absolute atomic E-state index is 12.1. The molecule has 0 fully saturated rings. The van der Waals surface area contributed by atoms with E-state index in [0.717, 1.165) is 30.4 Å². The molecule has 104 valence electrons. The Hall–Kier alpha value is -1.65. The highest BCUT2D eigenvalue weighted by molar-refractivity contribution is 7.10. The first-order valence-electron chi connectivity index (χ1n) is 6.88. The number of thiophene rings is 1. The molecule has 1 aliphatic rings. The molecule has 1 amide bonds. The van der Waals surface area contributed by atoms with Crippen LogP contribution in [0, 0.1) is 0 Å². The molecule has 1 aliphatic carbocycles. The van der Waals surface area contributed by atoms with E-state index in [9.17, 15) is 4.79 Å². The molecule has 2 aromatic rings. The molecule has 0 bridgehead atoms. The lowest BCUT2D eigenvalue weighted by Crippen LogP contribution is -2.53. The SMILES string of the molecule is NC(=O)C1(NCc2ccccc2)CCCc2sccc21. The molecule has 0 radical (unpaired) electrons. The number of benzene rings is 1. The molecule has 0 saturated carbocycles. The summed E-state index contributed by atoms with van der Waals surface area (Å²) >= 11 is 1.72. The van der Waals surface area contributed by atoms with Gasteiger partial charge in [0.05, 0.1) is 0 Å². The van der Waals surface area contributed by atoms with Gasteiger partial charge in [0.15, 0.2) is 0 Å². The van der Waals surface area contributed by atoms with Gasteiger partial charge in [0.1, 0.15) is 5.54 Å². The molecule has 1 unspecified atom stereocenters. The smallest absolute Gasteiger partial charge is 0.242 e. The van der Waals surface area contributed by atoms with Crippen molar-refractivity contribution in [2.75, 3.05) is 0 Å². The standard InChI is InChI=1S/C16H18N2OS/c17-15(19)16(18-11-12-5-2-1-3-6-12)9-4-7-14-13(16)8-10-20-14/h1-3,5-6,8,10,18H,4,7,9,11H2,(H2,17,19). The Morgan fingerprint density at radius 1 is 1.30 bits per heavy atom. The van der Waals surface area contributed by atoms with Crippen LogP contribution in [0.1, 0.15) is 28.8 Å². The van der Waals surface area contributed by atoms with Crippen molar-refractivity contribution >= 4 is 17.2 Å². The Balaban J connectivity index is 1.89. The van der Waals surface area contributed by atoms with Gasteiger partial charge in [0.2, 0.25) is 5.91 Å². The van der Waals surface area contributed by atoms with Gasteiger partial charge < -0.3 is 5.73 Å². The molecule has 4 heteroatoms. The first-order chi connectivity index (χ1) is 9.72. The van der Waals surface area contributed by atoms with Crippen molar-refractivity contribution in [3.63, 3.8) is 0 Å². The number of carbonyl (C=O) groups excluding carboxylic acids is 1. The summed E-state index contributed by atoms with van der Waals surface area (Å²) in [6, 6.07) is 12.2. The van der Waals surface area contributed by atoms with Crippen molar-refractivity contribution in [2.45, 2.75) is 31.3 Å². The summed E-state index contributed by atoms with van der Waals surface area (Å²) < 4.78 is 0. The third kappa shape index (κ3) is 2.25. The fourth-order valence-electron chi connectivity index (χ4n) is 2.94. The van der Waals surface area contributed by atoms with Crippen LogP contribution in [-0.4, -0.2) is 5.91 Å². The van der Waals surface area contributed by atoms with Crippen molar-refractivity contribution in [3.8, 4) is 0 Å². The van der Waals surface area contributed by atoms with E-state index in [1.54, 1.807) is 11.3 Å². The number of aryl methyl sites for hydroxylation is 1. The van der Waals surface area contributed by atoms with Gasteiger partial charge in [0.25, 0.3) is 0 Å². The van der Waals surface area contributed by atoms with E-state index in [1.807, 2.05) is 24.3 Å². The minimum atomic E-state index is -0.705. The Kier molecular flexibility index (Phi) is 3.59. The van der Waals surface area contributed by atoms with Gasteiger partial charge in [0, 0.05) is 11.4 Å². The zero-order chi connectivity index (χ0) is 14.0. The van der Waals surface area contributed by atoms with Gasteiger partial charge in [-0.1, -0.05) is 30.3 Å². The Morgan fingerprint density at radius 3 is 2.85 bits per heavy atom. The molecule has 1 heterocycles. The minimum absolute atomic E-state index is 0.271. The summed E-state index contributed by atoms with van der Waals surface area (Å²) in [7, 11) is 0. The topological polar surface area (TPSA) is 55.1 Å².